The van der Waals surface area contributed by atoms with E-state index in [2.05, 4.69) is 36.1 Å². The van der Waals surface area contributed by atoms with E-state index in [-0.39, 0.29) is 17.9 Å². The Morgan fingerprint density at radius 2 is 2.08 bits per heavy atom. The molecule has 0 unspecified atom stereocenters. The number of likely N-dealkylation sites (tertiary alicyclic amines) is 1. The Balaban J connectivity index is 1.41. The number of hydrogen-bond acceptors (Lipinski definition) is 4. The first-order chi connectivity index (χ1) is 12.7. The molecule has 4 rings (SSSR count). The van der Waals surface area contributed by atoms with Gasteiger partial charge in [0.2, 0.25) is 5.91 Å². The summed E-state index contributed by atoms with van der Waals surface area (Å²) in [5.74, 6) is 0.222. The van der Waals surface area contributed by atoms with Crippen LogP contribution in [0.3, 0.4) is 0 Å². The molecular formula is C21H26N2O3. The van der Waals surface area contributed by atoms with Gasteiger partial charge in [-0.1, -0.05) is 29.8 Å². The molecule has 138 valence electrons. The number of furan rings is 1. The molecule has 0 aliphatic carbocycles. The third-order valence-electron chi connectivity index (χ3n) is 5.41. The standard InChI is InChI=1S/C21H26N2O3/c1-16-3-2-4-17(11-16)13-23-8-10-26-20-14-22(7-5-19(20)21(23)24)12-18-6-9-25-15-18/h2-4,6,9,11,15,19-20H,5,7-8,10,12-14H2,1H3/t19-,20+/m0/s1. The van der Waals surface area contributed by atoms with Crippen LogP contribution in [0, 0.1) is 12.8 Å². The number of carbonyl (C=O) groups excluding carboxylic acids is 1. The van der Waals surface area contributed by atoms with Gasteiger partial charge in [0, 0.05) is 31.7 Å². The van der Waals surface area contributed by atoms with Crippen molar-refractivity contribution in [2.24, 2.45) is 5.92 Å². The molecule has 2 aliphatic heterocycles. The Morgan fingerprint density at radius 1 is 1.15 bits per heavy atom. The predicted molar refractivity (Wildman–Crippen MR) is 98.4 cm³/mol. The minimum absolute atomic E-state index is 0.00865. The molecular weight excluding hydrogens is 328 g/mol. The summed E-state index contributed by atoms with van der Waals surface area (Å²) in [7, 11) is 0. The number of fused-ring (bicyclic) bond motifs is 1. The third-order valence-corrected chi connectivity index (χ3v) is 5.41. The van der Waals surface area contributed by atoms with E-state index in [9.17, 15) is 4.79 Å². The lowest BCUT2D eigenvalue weighted by Gasteiger charge is -2.37. The summed E-state index contributed by atoms with van der Waals surface area (Å²) in [5.41, 5.74) is 3.59. The number of ether oxygens (including phenoxy) is 1. The molecule has 0 N–H and O–H groups in total. The van der Waals surface area contributed by atoms with E-state index in [1.54, 1.807) is 12.5 Å². The maximum atomic E-state index is 13.1. The van der Waals surface area contributed by atoms with Gasteiger partial charge in [-0.3, -0.25) is 9.69 Å². The van der Waals surface area contributed by atoms with Gasteiger partial charge in [0.05, 0.1) is 31.2 Å². The molecule has 2 aromatic rings. The van der Waals surface area contributed by atoms with Crippen LogP contribution in [-0.2, 0) is 22.6 Å². The predicted octanol–water partition coefficient (Wildman–Crippen LogP) is 2.84. The van der Waals surface area contributed by atoms with Crippen molar-refractivity contribution in [1.82, 2.24) is 9.80 Å². The number of carbonyl (C=O) groups is 1. The fraction of sp³-hybridized carbons (Fsp3) is 0.476. The Kier molecular flexibility index (Phi) is 5.09. The van der Waals surface area contributed by atoms with Crippen LogP contribution in [0.25, 0.3) is 0 Å². The van der Waals surface area contributed by atoms with E-state index >= 15 is 0 Å². The van der Waals surface area contributed by atoms with E-state index in [4.69, 9.17) is 9.15 Å². The largest absolute Gasteiger partial charge is 0.472 e. The van der Waals surface area contributed by atoms with Crippen molar-refractivity contribution in [3.05, 3.63) is 59.5 Å². The fourth-order valence-corrected chi connectivity index (χ4v) is 4.06. The van der Waals surface area contributed by atoms with Crippen LogP contribution >= 0.6 is 0 Å². The lowest BCUT2D eigenvalue weighted by molar-refractivity contribution is -0.139. The van der Waals surface area contributed by atoms with Crippen molar-refractivity contribution in [2.75, 3.05) is 26.2 Å². The van der Waals surface area contributed by atoms with Crippen molar-refractivity contribution < 1.29 is 13.9 Å². The number of piperidine rings is 1. The summed E-state index contributed by atoms with van der Waals surface area (Å²) >= 11 is 0. The average Bonchev–Trinajstić information content (AvgIpc) is 3.08. The summed E-state index contributed by atoms with van der Waals surface area (Å²) < 4.78 is 11.3. The third kappa shape index (κ3) is 3.84. The van der Waals surface area contributed by atoms with Crippen LogP contribution < -0.4 is 0 Å². The van der Waals surface area contributed by atoms with E-state index in [0.29, 0.717) is 19.7 Å². The minimum Gasteiger partial charge on any atom is -0.472 e. The number of rotatable bonds is 4. The first-order valence-corrected chi connectivity index (χ1v) is 9.38. The average molecular weight is 354 g/mol. The Hall–Kier alpha value is -2.11. The van der Waals surface area contributed by atoms with Crippen molar-refractivity contribution >= 4 is 5.91 Å². The molecule has 0 bridgehead atoms. The molecule has 2 fully saturated rings. The van der Waals surface area contributed by atoms with Gasteiger partial charge >= 0.3 is 0 Å². The highest BCUT2D eigenvalue weighted by Crippen LogP contribution is 2.27. The smallest absolute Gasteiger partial charge is 0.228 e. The highest BCUT2D eigenvalue weighted by atomic mass is 16.5. The second kappa shape index (κ2) is 7.64. The van der Waals surface area contributed by atoms with Crippen LogP contribution in [-0.4, -0.2) is 48.1 Å². The molecule has 0 spiro atoms. The van der Waals surface area contributed by atoms with Gasteiger partial charge in [-0.05, 0) is 31.5 Å². The van der Waals surface area contributed by atoms with E-state index in [1.165, 1.54) is 16.7 Å². The number of aryl methyl sites for hydroxylation is 1. The fourth-order valence-electron chi connectivity index (χ4n) is 4.06. The number of amides is 1. The number of hydrogen-bond donors (Lipinski definition) is 0. The maximum absolute atomic E-state index is 13.1. The monoisotopic (exact) mass is 354 g/mol. The second-order valence-corrected chi connectivity index (χ2v) is 7.42. The van der Waals surface area contributed by atoms with Gasteiger partial charge in [0.1, 0.15) is 0 Å². The van der Waals surface area contributed by atoms with Crippen LogP contribution in [0.5, 0.6) is 0 Å². The highest BCUT2D eigenvalue weighted by molar-refractivity contribution is 5.80. The second-order valence-electron chi connectivity index (χ2n) is 7.42. The summed E-state index contributed by atoms with van der Waals surface area (Å²) in [6.45, 7) is 6.61. The van der Waals surface area contributed by atoms with Crippen LogP contribution in [0.1, 0.15) is 23.1 Å². The maximum Gasteiger partial charge on any atom is 0.228 e. The summed E-state index contributed by atoms with van der Waals surface area (Å²) in [5, 5.41) is 0. The van der Waals surface area contributed by atoms with Gasteiger partial charge in [-0.15, -0.1) is 0 Å². The lowest BCUT2D eigenvalue weighted by atomic mass is 9.92. The molecule has 5 nitrogen and oxygen atoms in total. The number of benzene rings is 1. The van der Waals surface area contributed by atoms with Gasteiger partial charge in [0.15, 0.2) is 0 Å². The van der Waals surface area contributed by atoms with Crippen LogP contribution in [0.4, 0.5) is 0 Å². The molecule has 2 aliphatic rings. The number of nitrogens with zero attached hydrogens (tertiary/aromatic N) is 2. The molecule has 0 saturated carbocycles. The molecule has 5 heteroatoms. The summed E-state index contributed by atoms with van der Waals surface area (Å²) in [6.07, 6.45) is 4.34. The van der Waals surface area contributed by atoms with Crippen LogP contribution in [0.15, 0.2) is 47.3 Å². The molecule has 0 radical (unpaired) electrons. The summed E-state index contributed by atoms with van der Waals surface area (Å²) in [4.78, 5) is 17.4. The molecule has 3 heterocycles. The zero-order valence-electron chi connectivity index (χ0n) is 15.3. The van der Waals surface area contributed by atoms with Crippen molar-refractivity contribution in [2.45, 2.75) is 32.5 Å². The zero-order chi connectivity index (χ0) is 17.9. The van der Waals surface area contributed by atoms with E-state index in [1.807, 2.05) is 11.0 Å². The van der Waals surface area contributed by atoms with Crippen molar-refractivity contribution in [3.8, 4) is 0 Å². The van der Waals surface area contributed by atoms with Crippen LogP contribution in [0.2, 0.25) is 0 Å². The van der Waals surface area contributed by atoms with E-state index in [0.717, 1.165) is 26.1 Å². The SMILES string of the molecule is Cc1cccc(CN2CCO[C@@H]3CN(Cc4ccoc4)CC[C@@H]3C2=O)c1. The normalized spacial score (nSPS) is 24.3. The van der Waals surface area contributed by atoms with Gasteiger partial charge in [-0.25, -0.2) is 0 Å². The highest BCUT2D eigenvalue weighted by Gasteiger charge is 2.39. The van der Waals surface area contributed by atoms with Crippen molar-refractivity contribution in [1.29, 1.82) is 0 Å². The zero-order valence-corrected chi connectivity index (χ0v) is 15.3. The minimum atomic E-state index is -0.0251. The Morgan fingerprint density at radius 3 is 2.88 bits per heavy atom. The molecule has 1 aromatic heterocycles. The van der Waals surface area contributed by atoms with Gasteiger partial charge < -0.3 is 14.1 Å². The molecule has 26 heavy (non-hydrogen) atoms. The lowest BCUT2D eigenvalue weighted by Crippen LogP contribution is -2.48. The van der Waals surface area contributed by atoms with Crippen molar-refractivity contribution in [3.63, 3.8) is 0 Å². The Bertz CT molecular complexity index is 743. The first-order valence-electron chi connectivity index (χ1n) is 9.38. The quantitative estimate of drug-likeness (QED) is 0.847. The molecule has 2 saturated heterocycles. The first kappa shape index (κ1) is 17.3. The molecule has 1 amide bonds. The van der Waals surface area contributed by atoms with Gasteiger partial charge in [-0.2, -0.15) is 0 Å². The molecule has 2 atom stereocenters. The Labute approximate surface area is 154 Å². The van der Waals surface area contributed by atoms with Gasteiger partial charge in [0.25, 0.3) is 0 Å². The topological polar surface area (TPSA) is 45.9 Å². The molecule has 1 aromatic carbocycles. The summed E-state index contributed by atoms with van der Waals surface area (Å²) in [6, 6.07) is 10.4. The van der Waals surface area contributed by atoms with E-state index < -0.39 is 0 Å².